The van der Waals surface area contributed by atoms with Gasteiger partial charge in [-0.25, -0.2) is 0 Å². The highest BCUT2D eigenvalue weighted by Crippen LogP contribution is 2.49. The molecule has 0 spiro atoms. The van der Waals surface area contributed by atoms with E-state index in [1.807, 2.05) is 0 Å². The molecule has 4 rings (SSSR count). The Bertz CT molecular complexity index is 1070. The maximum atomic E-state index is 13.1. The number of Topliss-reactive ketones (excluding diaryl/α,β-unsaturated/α-hetero) is 2. The standard InChI is InChI=1S/C20H16O8/c1-7(21)28-17-14-10(18(25)20(2,27)19(17)26)6-9-13(14)15(23)8-4-3-5-11(22)12(8)16(9)24/h3-6,17,19,22,24,26-27H,1-2H3. The first kappa shape index (κ1) is 18.1. The first-order valence-electron chi connectivity index (χ1n) is 8.46. The average molecular weight is 384 g/mol. The van der Waals surface area contributed by atoms with Crippen molar-refractivity contribution < 1.29 is 39.5 Å². The monoisotopic (exact) mass is 384 g/mol. The van der Waals surface area contributed by atoms with E-state index in [1.54, 1.807) is 0 Å². The van der Waals surface area contributed by atoms with Crippen LogP contribution in [0.4, 0.5) is 0 Å². The summed E-state index contributed by atoms with van der Waals surface area (Å²) in [5.41, 5.74) is -2.71. The number of esters is 1. The molecule has 8 nitrogen and oxygen atoms in total. The molecule has 1 saturated carbocycles. The van der Waals surface area contributed by atoms with Crippen molar-refractivity contribution in [3.8, 4) is 5.75 Å². The Morgan fingerprint density at radius 3 is 2.54 bits per heavy atom. The third-order valence-corrected chi connectivity index (χ3v) is 5.27. The number of carbonyl (C=O) groups is 3. The van der Waals surface area contributed by atoms with E-state index in [2.05, 4.69) is 0 Å². The lowest BCUT2D eigenvalue weighted by atomic mass is 9.74. The van der Waals surface area contributed by atoms with Crippen LogP contribution in [0.2, 0.25) is 0 Å². The Hall–Kier alpha value is -3.23. The molecule has 0 bridgehead atoms. The molecular weight excluding hydrogens is 368 g/mol. The molecule has 8 heteroatoms. The number of hydrogen-bond acceptors (Lipinski definition) is 8. The minimum absolute atomic E-state index is 0.000697. The molecule has 0 saturated heterocycles. The van der Waals surface area contributed by atoms with Gasteiger partial charge in [0.15, 0.2) is 23.3 Å². The Morgan fingerprint density at radius 2 is 1.89 bits per heavy atom. The van der Waals surface area contributed by atoms with Crippen LogP contribution in [0, 0.1) is 0 Å². The normalized spacial score (nSPS) is 28.6. The quantitative estimate of drug-likeness (QED) is 0.519. The molecule has 28 heavy (non-hydrogen) atoms. The van der Waals surface area contributed by atoms with Crippen molar-refractivity contribution >= 4 is 23.3 Å². The van der Waals surface area contributed by atoms with Gasteiger partial charge in [0.25, 0.3) is 0 Å². The number of rotatable bonds is 1. The highest BCUT2D eigenvalue weighted by molar-refractivity contribution is 6.23. The van der Waals surface area contributed by atoms with Crippen LogP contribution >= 0.6 is 0 Å². The fourth-order valence-electron chi connectivity index (χ4n) is 3.90. The molecule has 0 aliphatic heterocycles. The van der Waals surface area contributed by atoms with E-state index in [1.165, 1.54) is 24.3 Å². The predicted octanol–water partition coefficient (Wildman–Crippen LogP) is 0.720. The zero-order chi connectivity index (χ0) is 20.5. The summed E-state index contributed by atoms with van der Waals surface area (Å²) in [6.45, 7) is 2.17. The topological polar surface area (TPSA) is 141 Å². The second-order valence-electron chi connectivity index (χ2n) is 7.09. The number of aliphatic hydroxyl groups is 3. The number of phenolic OH excluding ortho intramolecular Hbond substituents is 1. The van der Waals surface area contributed by atoms with Gasteiger partial charge in [-0.05, 0) is 19.1 Å². The Kier molecular flexibility index (Phi) is 3.65. The van der Waals surface area contributed by atoms with E-state index in [4.69, 9.17) is 4.74 Å². The number of ether oxygens (including phenoxy) is 1. The van der Waals surface area contributed by atoms with Crippen LogP contribution in [-0.4, -0.2) is 55.8 Å². The summed E-state index contributed by atoms with van der Waals surface area (Å²) in [4.78, 5) is 37.4. The second kappa shape index (κ2) is 5.63. The molecule has 3 unspecified atom stereocenters. The first-order chi connectivity index (χ1) is 13.1. The number of aliphatic hydroxyl groups excluding tert-OH is 2. The van der Waals surface area contributed by atoms with Gasteiger partial charge >= 0.3 is 5.97 Å². The van der Waals surface area contributed by atoms with Gasteiger partial charge in [0.2, 0.25) is 0 Å². The van der Waals surface area contributed by atoms with Crippen LogP contribution in [0.1, 0.15) is 29.8 Å². The molecule has 0 heterocycles. The minimum atomic E-state index is -2.27. The molecule has 0 radical (unpaired) electrons. The van der Waals surface area contributed by atoms with Gasteiger partial charge in [-0.2, -0.15) is 0 Å². The average Bonchev–Trinajstić information content (AvgIpc) is 3.02. The van der Waals surface area contributed by atoms with Gasteiger partial charge < -0.3 is 25.2 Å². The zero-order valence-corrected chi connectivity index (χ0v) is 14.9. The molecule has 0 aromatic heterocycles. The van der Waals surface area contributed by atoms with E-state index < -0.39 is 41.1 Å². The van der Waals surface area contributed by atoms with Crippen molar-refractivity contribution in [1.82, 2.24) is 0 Å². The molecule has 3 aliphatic carbocycles. The first-order valence-corrected chi connectivity index (χ1v) is 8.46. The molecule has 144 valence electrons. The SMILES string of the molecule is CC(=O)OC1C2=C3C(=O)c4cccc(O)c4C(O)=C3C=C2C(=O)C(C)(O)C1O. The van der Waals surface area contributed by atoms with Crippen LogP contribution < -0.4 is 0 Å². The molecule has 3 aliphatic rings. The van der Waals surface area contributed by atoms with E-state index in [-0.39, 0.29) is 39.2 Å². The Labute approximate surface area is 158 Å². The molecule has 4 N–H and O–H groups in total. The van der Waals surface area contributed by atoms with Crippen LogP contribution in [0.5, 0.6) is 5.75 Å². The summed E-state index contributed by atoms with van der Waals surface area (Å²) in [7, 11) is 0. The maximum Gasteiger partial charge on any atom is 0.303 e. The van der Waals surface area contributed by atoms with Gasteiger partial charge in [-0.1, -0.05) is 12.1 Å². The Balaban J connectivity index is 2.05. The van der Waals surface area contributed by atoms with Gasteiger partial charge in [-0.3, -0.25) is 14.4 Å². The fraction of sp³-hybridized carbons (Fsp3) is 0.250. The molecular formula is C20H16O8. The third-order valence-electron chi connectivity index (χ3n) is 5.27. The van der Waals surface area contributed by atoms with Crippen molar-refractivity contribution in [2.75, 3.05) is 0 Å². The summed E-state index contributed by atoms with van der Waals surface area (Å²) >= 11 is 0. The van der Waals surface area contributed by atoms with Gasteiger partial charge in [0.05, 0.1) is 5.56 Å². The van der Waals surface area contributed by atoms with Crippen LogP contribution in [0.15, 0.2) is 46.6 Å². The number of fused-ring (bicyclic) bond motifs is 3. The largest absolute Gasteiger partial charge is 0.507 e. The van der Waals surface area contributed by atoms with Gasteiger partial charge in [0, 0.05) is 34.8 Å². The third kappa shape index (κ3) is 2.15. The Morgan fingerprint density at radius 1 is 1.21 bits per heavy atom. The van der Waals surface area contributed by atoms with Crippen LogP contribution in [0.3, 0.4) is 0 Å². The molecule has 3 atom stereocenters. The van der Waals surface area contributed by atoms with Gasteiger partial charge in [0.1, 0.15) is 17.6 Å². The second-order valence-corrected chi connectivity index (χ2v) is 7.09. The minimum Gasteiger partial charge on any atom is -0.507 e. The molecule has 1 aromatic rings. The fourth-order valence-corrected chi connectivity index (χ4v) is 3.90. The lowest BCUT2D eigenvalue weighted by molar-refractivity contribution is -0.171. The van der Waals surface area contributed by atoms with Crippen molar-refractivity contribution in [2.24, 2.45) is 0 Å². The smallest absolute Gasteiger partial charge is 0.303 e. The molecule has 1 aromatic carbocycles. The molecule has 0 amide bonds. The van der Waals surface area contributed by atoms with Crippen LogP contribution in [0.25, 0.3) is 5.76 Å². The number of allylic oxidation sites excluding steroid dienone is 3. The molecule has 1 fully saturated rings. The van der Waals surface area contributed by atoms with Gasteiger partial charge in [-0.15, -0.1) is 0 Å². The van der Waals surface area contributed by atoms with E-state index in [0.717, 1.165) is 13.8 Å². The lowest BCUT2D eigenvalue weighted by Gasteiger charge is -2.39. The van der Waals surface area contributed by atoms with E-state index >= 15 is 0 Å². The zero-order valence-electron chi connectivity index (χ0n) is 14.9. The van der Waals surface area contributed by atoms with Crippen LogP contribution in [-0.2, 0) is 14.3 Å². The number of ketones is 2. The summed E-state index contributed by atoms with van der Waals surface area (Å²) in [5.74, 6) is -3.02. The summed E-state index contributed by atoms with van der Waals surface area (Å²) in [5, 5.41) is 41.7. The van der Waals surface area contributed by atoms with Crippen molar-refractivity contribution in [3.63, 3.8) is 0 Å². The number of benzene rings is 1. The highest BCUT2D eigenvalue weighted by Gasteiger charge is 2.56. The predicted molar refractivity (Wildman–Crippen MR) is 94.3 cm³/mol. The summed E-state index contributed by atoms with van der Waals surface area (Å²) < 4.78 is 5.14. The lowest BCUT2D eigenvalue weighted by Crippen LogP contribution is -2.59. The number of aromatic hydroxyl groups is 1. The maximum absolute atomic E-state index is 13.1. The summed E-state index contributed by atoms with van der Waals surface area (Å²) in [6.07, 6.45) is -2.10. The van der Waals surface area contributed by atoms with Crippen molar-refractivity contribution in [3.05, 3.63) is 57.7 Å². The number of hydrogen-bond donors (Lipinski definition) is 4. The number of phenols is 1. The van der Waals surface area contributed by atoms with Crippen molar-refractivity contribution in [2.45, 2.75) is 31.7 Å². The van der Waals surface area contributed by atoms with Crippen molar-refractivity contribution in [1.29, 1.82) is 0 Å². The summed E-state index contributed by atoms with van der Waals surface area (Å²) in [6, 6.07) is 4.12. The van der Waals surface area contributed by atoms with E-state index in [9.17, 15) is 34.8 Å². The van der Waals surface area contributed by atoms with E-state index in [0.29, 0.717) is 0 Å². The highest BCUT2D eigenvalue weighted by atomic mass is 16.6. The number of carbonyl (C=O) groups excluding carboxylic acids is 3.